The van der Waals surface area contributed by atoms with Gasteiger partial charge in [-0.2, -0.15) is 0 Å². The second-order valence-corrected chi connectivity index (χ2v) is 8.37. The van der Waals surface area contributed by atoms with Crippen molar-refractivity contribution in [1.82, 2.24) is 4.90 Å². The first-order valence-electron chi connectivity index (χ1n) is 10.3. The summed E-state index contributed by atoms with van der Waals surface area (Å²) in [7, 11) is 0. The number of nitrogens with zero attached hydrogens (tertiary/aromatic N) is 2. The van der Waals surface area contributed by atoms with E-state index in [0.29, 0.717) is 11.3 Å². The lowest BCUT2D eigenvalue weighted by molar-refractivity contribution is -0.384. The topological polar surface area (TPSA) is 122 Å². The molecule has 0 aliphatic rings. The van der Waals surface area contributed by atoms with Crippen molar-refractivity contribution in [3.8, 4) is 5.75 Å². The molecule has 0 fully saturated rings. The highest BCUT2D eigenvalue weighted by atomic mass is 16.6. The molecular weight excluding hydrogens is 416 g/mol. The number of ether oxygens (including phenoxy) is 2. The SMILES string of the molecule is CC(C)(C)OC(=O)N(CC(O)COc1ccccc1)[C@H](CO)Cc1ccc([N+](=O)[O-])cc1. The fraction of sp³-hybridized carbons (Fsp3) is 0.435. The Bertz CT molecular complexity index is 866. The van der Waals surface area contributed by atoms with E-state index < -0.39 is 28.8 Å². The number of amides is 1. The Morgan fingerprint density at radius 1 is 1.12 bits per heavy atom. The molecule has 174 valence electrons. The molecule has 0 radical (unpaired) electrons. The Morgan fingerprint density at radius 2 is 1.75 bits per heavy atom. The van der Waals surface area contributed by atoms with Gasteiger partial charge in [0.2, 0.25) is 0 Å². The van der Waals surface area contributed by atoms with E-state index in [4.69, 9.17) is 9.47 Å². The average molecular weight is 447 g/mol. The summed E-state index contributed by atoms with van der Waals surface area (Å²) >= 11 is 0. The fourth-order valence-electron chi connectivity index (χ4n) is 2.98. The third kappa shape index (κ3) is 8.16. The minimum absolute atomic E-state index is 0.0493. The highest BCUT2D eigenvalue weighted by Gasteiger charge is 2.30. The molecule has 1 unspecified atom stereocenters. The zero-order valence-corrected chi connectivity index (χ0v) is 18.5. The number of aliphatic hydroxyl groups is 2. The van der Waals surface area contributed by atoms with Crippen LogP contribution in [0.15, 0.2) is 54.6 Å². The first-order valence-corrected chi connectivity index (χ1v) is 10.3. The Hall–Kier alpha value is -3.17. The van der Waals surface area contributed by atoms with Crippen LogP contribution in [0.25, 0.3) is 0 Å². The first kappa shape index (κ1) is 25.1. The highest BCUT2D eigenvalue weighted by molar-refractivity contribution is 5.68. The quantitative estimate of drug-likeness (QED) is 0.424. The number of nitro benzene ring substituents is 1. The number of hydrogen-bond donors (Lipinski definition) is 2. The third-order valence-corrected chi connectivity index (χ3v) is 4.49. The standard InChI is InChI=1S/C23H30N2O7/c1-23(2,3)32-22(28)24(14-20(27)16-31-21-7-5-4-6-8-21)19(15-26)13-17-9-11-18(12-10-17)25(29)30/h4-12,19-20,26-27H,13-16H2,1-3H3/t19-,20?/m0/s1. The summed E-state index contributed by atoms with van der Waals surface area (Å²) in [5.74, 6) is 0.583. The van der Waals surface area contributed by atoms with E-state index >= 15 is 0 Å². The summed E-state index contributed by atoms with van der Waals surface area (Å²) in [5.41, 5.74) is -0.126. The summed E-state index contributed by atoms with van der Waals surface area (Å²) in [4.78, 5) is 24.5. The number of nitro groups is 1. The molecule has 2 aromatic rings. The molecule has 1 amide bonds. The van der Waals surface area contributed by atoms with Gasteiger partial charge < -0.3 is 19.7 Å². The molecule has 9 nitrogen and oxygen atoms in total. The van der Waals surface area contributed by atoms with E-state index in [1.54, 1.807) is 57.2 Å². The van der Waals surface area contributed by atoms with Gasteiger partial charge in [-0.05, 0) is 44.9 Å². The number of carbonyl (C=O) groups is 1. The van der Waals surface area contributed by atoms with Crippen molar-refractivity contribution in [3.05, 3.63) is 70.3 Å². The number of hydrogen-bond acceptors (Lipinski definition) is 7. The van der Waals surface area contributed by atoms with Crippen LogP contribution in [-0.4, -0.2) is 63.6 Å². The lowest BCUT2D eigenvalue weighted by Crippen LogP contribution is -2.50. The van der Waals surface area contributed by atoms with Gasteiger partial charge in [0.1, 0.15) is 24.1 Å². The van der Waals surface area contributed by atoms with Gasteiger partial charge in [0.25, 0.3) is 5.69 Å². The zero-order chi connectivity index (χ0) is 23.7. The van der Waals surface area contributed by atoms with Gasteiger partial charge >= 0.3 is 6.09 Å². The van der Waals surface area contributed by atoms with E-state index in [-0.39, 0.29) is 31.9 Å². The van der Waals surface area contributed by atoms with Crippen LogP contribution in [0.2, 0.25) is 0 Å². The Morgan fingerprint density at radius 3 is 2.28 bits per heavy atom. The van der Waals surface area contributed by atoms with Crippen molar-refractivity contribution in [2.75, 3.05) is 19.8 Å². The largest absolute Gasteiger partial charge is 0.491 e. The van der Waals surface area contributed by atoms with Crippen molar-refractivity contribution in [2.45, 2.75) is 44.9 Å². The second kappa shape index (κ2) is 11.4. The number of para-hydroxylation sites is 1. The molecule has 32 heavy (non-hydrogen) atoms. The summed E-state index contributed by atoms with van der Waals surface area (Å²) in [6.45, 7) is 4.61. The zero-order valence-electron chi connectivity index (χ0n) is 18.5. The van der Waals surface area contributed by atoms with Crippen LogP contribution in [-0.2, 0) is 11.2 Å². The monoisotopic (exact) mass is 446 g/mol. The molecule has 0 saturated heterocycles. The van der Waals surface area contributed by atoms with Crippen molar-refractivity contribution in [2.24, 2.45) is 0 Å². The summed E-state index contributed by atoms with van der Waals surface area (Å²) < 4.78 is 11.0. The Balaban J connectivity index is 2.13. The van der Waals surface area contributed by atoms with Gasteiger partial charge in [-0.15, -0.1) is 0 Å². The maximum absolute atomic E-state index is 12.9. The van der Waals surface area contributed by atoms with Crippen molar-refractivity contribution in [1.29, 1.82) is 0 Å². The third-order valence-electron chi connectivity index (χ3n) is 4.49. The van der Waals surface area contributed by atoms with E-state index in [1.807, 2.05) is 6.07 Å². The number of rotatable bonds is 10. The number of aliphatic hydroxyl groups excluding tert-OH is 2. The van der Waals surface area contributed by atoms with Crippen molar-refractivity contribution < 1.29 is 29.4 Å². The summed E-state index contributed by atoms with van der Waals surface area (Å²) in [6.07, 6.45) is -1.49. The van der Waals surface area contributed by atoms with Crippen LogP contribution >= 0.6 is 0 Å². The predicted molar refractivity (Wildman–Crippen MR) is 119 cm³/mol. The van der Waals surface area contributed by atoms with E-state index in [2.05, 4.69) is 0 Å². The molecule has 2 rings (SSSR count). The van der Waals surface area contributed by atoms with Gasteiger partial charge in [-0.1, -0.05) is 30.3 Å². The lowest BCUT2D eigenvalue weighted by atomic mass is 10.0. The molecule has 2 atom stereocenters. The summed E-state index contributed by atoms with van der Waals surface area (Å²) in [5, 5.41) is 31.4. The van der Waals surface area contributed by atoms with Crippen molar-refractivity contribution in [3.63, 3.8) is 0 Å². The van der Waals surface area contributed by atoms with Gasteiger partial charge in [-0.3, -0.25) is 15.0 Å². The second-order valence-electron chi connectivity index (χ2n) is 8.37. The molecule has 2 N–H and O–H groups in total. The molecule has 0 aliphatic carbocycles. The number of carbonyl (C=O) groups excluding carboxylic acids is 1. The minimum atomic E-state index is -1.03. The van der Waals surface area contributed by atoms with Crippen LogP contribution in [0, 0.1) is 10.1 Å². The minimum Gasteiger partial charge on any atom is -0.491 e. The molecule has 2 aromatic carbocycles. The molecular formula is C23H30N2O7. The van der Waals surface area contributed by atoms with Gasteiger partial charge in [-0.25, -0.2) is 4.79 Å². The highest BCUT2D eigenvalue weighted by Crippen LogP contribution is 2.18. The average Bonchev–Trinajstić information content (AvgIpc) is 2.74. The Kier molecular flexibility index (Phi) is 8.98. The number of non-ortho nitro benzene ring substituents is 1. The molecule has 0 bridgehead atoms. The van der Waals surface area contributed by atoms with Crippen LogP contribution in [0.1, 0.15) is 26.3 Å². The Labute approximate surface area is 187 Å². The smallest absolute Gasteiger partial charge is 0.410 e. The van der Waals surface area contributed by atoms with Crippen LogP contribution in [0.4, 0.5) is 10.5 Å². The maximum atomic E-state index is 12.9. The summed E-state index contributed by atoms with van der Waals surface area (Å²) in [6, 6.07) is 14.1. The van der Waals surface area contributed by atoms with Gasteiger partial charge in [0, 0.05) is 12.1 Å². The maximum Gasteiger partial charge on any atom is 0.410 e. The molecule has 0 saturated carbocycles. The lowest BCUT2D eigenvalue weighted by Gasteiger charge is -2.34. The van der Waals surface area contributed by atoms with Gasteiger partial charge in [0.15, 0.2) is 0 Å². The first-order chi connectivity index (χ1) is 15.1. The molecule has 0 aliphatic heterocycles. The van der Waals surface area contributed by atoms with Gasteiger partial charge in [0.05, 0.1) is 24.1 Å². The van der Waals surface area contributed by atoms with Crippen molar-refractivity contribution >= 4 is 11.8 Å². The van der Waals surface area contributed by atoms with Crippen LogP contribution in [0.3, 0.4) is 0 Å². The van der Waals surface area contributed by atoms with E-state index in [0.717, 1.165) is 0 Å². The van der Waals surface area contributed by atoms with E-state index in [1.165, 1.54) is 17.0 Å². The number of benzene rings is 2. The van der Waals surface area contributed by atoms with E-state index in [9.17, 15) is 25.1 Å². The normalized spacial score (nSPS) is 13.2. The van der Waals surface area contributed by atoms with Crippen LogP contribution in [0.5, 0.6) is 5.75 Å². The fourth-order valence-corrected chi connectivity index (χ4v) is 2.98. The molecule has 0 spiro atoms. The molecule has 0 heterocycles. The van der Waals surface area contributed by atoms with Crippen LogP contribution < -0.4 is 4.74 Å². The molecule has 0 aromatic heterocycles. The predicted octanol–water partition coefficient (Wildman–Crippen LogP) is 3.18. The molecule has 9 heteroatoms.